The van der Waals surface area contributed by atoms with Crippen molar-refractivity contribution in [2.45, 2.75) is 412 Å². The summed E-state index contributed by atoms with van der Waals surface area (Å²) in [7, 11) is -9.92. The average Bonchev–Trinajstić information content (AvgIpc) is 1.80. The van der Waals surface area contributed by atoms with Crippen LogP contribution in [0, 0.1) is 5.92 Å². The van der Waals surface area contributed by atoms with Gasteiger partial charge in [0.2, 0.25) is 0 Å². The molecule has 0 bridgehead atoms. The number of carbonyl (C=O) groups excluding carboxylic acids is 4. The average molecular weight is 1430 g/mol. The van der Waals surface area contributed by atoms with Gasteiger partial charge in [0.15, 0.2) is 12.2 Å². The Hall–Kier alpha value is -2.46. The molecule has 3 N–H and O–H groups in total. The first kappa shape index (κ1) is 95.5. The van der Waals surface area contributed by atoms with E-state index in [4.69, 9.17) is 37.0 Å². The molecule has 0 aromatic heterocycles. The quantitative estimate of drug-likeness (QED) is 0.0169. The van der Waals surface area contributed by atoms with E-state index in [1.807, 2.05) is 0 Å². The maximum absolute atomic E-state index is 13.1. The van der Waals surface area contributed by atoms with Crippen LogP contribution in [0.3, 0.4) is 0 Å². The number of unbranched alkanes of at least 4 members (excludes halogenated alkanes) is 45. The van der Waals surface area contributed by atoms with Crippen LogP contribution in [0.4, 0.5) is 0 Å². The number of rotatable bonds is 77. The van der Waals surface area contributed by atoms with Gasteiger partial charge in [-0.05, 0) is 57.3 Å². The molecule has 0 amide bonds. The molecule has 0 aliphatic heterocycles. The first-order valence-electron chi connectivity index (χ1n) is 40.5. The van der Waals surface area contributed by atoms with E-state index in [0.29, 0.717) is 25.7 Å². The van der Waals surface area contributed by atoms with Crippen molar-refractivity contribution in [2.75, 3.05) is 39.6 Å². The van der Waals surface area contributed by atoms with Gasteiger partial charge in [-0.1, -0.05) is 341 Å². The molecule has 0 saturated heterocycles. The number of aliphatic hydroxyl groups excluding tert-OH is 1. The minimum atomic E-state index is -4.97. The van der Waals surface area contributed by atoms with Crippen LogP contribution in [0.1, 0.15) is 394 Å². The zero-order valence-electron chi connectivity index (χ0n) is 63.4. The van der Waals surface area contributed by atoms with Crippen LogP contribution >= 0.6 is 15.6 Å². The van der Waals surface area contributed by atoms with E-state index in [1.165, 1.54) is 199 Å². The Balaban J connectivity index is 5.22. The summed E-state index contributed by atoms with van der Waals surface area (Å²) in [5, 5.41) is 10.6. The van der Waals surface area contributed by atoms with E-state index < -0.39 is 97.5 Å². The minimum Gasteiger partial charge on any atom is -0.462 e. The molecule has 0 rings (SSSR count). The molecular weight excluding hydrogens is 1280 g/mol. The Morgan fingerprint density at radius 1 is 0.327 bits per heavy atom. The molecule has 0 aromatic carbocycles. The fourth-order valence-electron chi connectivity index (χ4n) is 11.7. The number of phosphoric ester groups is 2. The van der Waals surface area contributed by atoms with E-state index in [0.717, 1.165) is 115 Å². The van der Waals surface area contributed by atoms with Crippen LogP contribution in [0.2, 0.25) is 0 Å². The number of aliphatic hydroxyl groups is 1. The molecule has 578 valence electrons. The lowest BCUT2D eigenvalue weighted by molar-refractivity contribution is -0.161. The van der Waals surface area contributed by atoms with Gasteiger partial charge >= 0.3 is 39.5 Å². The van der Waals surface area contributed by atoms with Crippen LogP contribution in [0.15, 0.2) is 24.3 Å². The smallest absolute Gasteiger partial charge is 0.462 e. The molecule has 0 radical (unpaired) electrons. The lowest BCUT2D eigenvalue weighted by Crippen LogP contribution is -2.30. The largest absolute Gasteiger partial charge is 0.472 e. The summed E-state index contributed by atoms with van der Waals surface area (Å²) in [6.45, 7) is 7.30. The van der Waals surface area contributed by atoms with Crippen LogP contribution in [0.25, 0.3) is 0 Å². The molecule has 6 atom stereocenters. The van der Waals surface area contributed by atoms with Crippen LogP contribution in [-0.4, -0.2) is 96.7 Å². The van der Waals surface area contributed by atoms with Gasteiger partial charge < -0.3 is 33.8 Å². The van der Waals surface area contributed by atoms with Crippen molar-refractivity contribution in [3.8, 4) is 0 Å². The summed E-state index contributed by atoms with van der Waals surface area (Å²) in [6.07, 6.45) is 64.6. The number of esters is 4. The highest BCUT2D eigenvalue weighted by Gasteiger charge is 2.30. The predicted octanol–water partition coefficient (Wildman–Crippen LogP) is 23.2. The maximum Gasteiger partial charge on any atom is 0.472 e. The number of hydrogen-bond acceptors (Lipinski definition) is 15. The van der Waals surface area contributed by atoms with Gasteiger partial charge in [0, 0.05) is 25.7 Å². The first-order chi connectivity index (χ1) is 47.6. The highest BCUT2D eigenvalue weighted by atomic mass is 31.2. The molecule has 19 heteroatoms. The van der Waals surface area contributed by atoms with Crippen molar-refractivity contribution in [2.24, 2.45) is 5.92 Å². The van der Waals surface area contributed by atoms with Crippen molar-refractivity contribution < 1.29 is 80.2 Å². The van der Waals surface area contributed by atoms with Crippen molar-refractivity contribution in [3.05, 3.63) is 24.3 Å². The third-order valence-corrected chi connectivity index (χ3v) is 20.2. The standard InChI is InChI=1S/C79H150O17P2/c1-6-10-13-16-19-22-25-26-31-35-39-43-48-53-58-63-77(82)90-69-75(96-79(84)65-60-55-50-45-40-36-33-30-28-27-29-32-34-38-41-46-51-56-61-72(5)9-4)71-94-98(87,88)92-67-73(80)66-91-97(85,86)93-70-74(68-89-76(81)62-57-52-47-42-24-21-18-15-12-8-3)95-78(83)64-59-54-49-44-37-23-20-17-14-11-7-2/h22,25-26,31,72-75,80H,6-21,23-24,27-30,32-71H2,1-5H3,(H,85,86)(H,87,88)/b25-22-,31-26-/t72?,73-,74+,75+/m0/s1. The normalized spacial score (nSPS) is 14.3. The zero-order valence-corrected chi connectivity index (χ0v) is 65.2. The number of carbonyl (C=O) groups is 4. The fourth-order valence-corrected chi connectivity index (χ4v) is 13.2. The Kier molecular flexibility index (Phi) is 69.7. The lowest BCUT2D eigenvalue weighted by atomic mass is 9.99. The van der Waals surface area contributed by atoms with Crippen molar-refractivity contribution in [3.63, 3.8) is 0 Å². The van der Waals surface area contributed by atoms with Gasteiger partial charge in [-0.2, -0.15) is 0 Å². The summed E-state index contributed by atoms with van der Waals surface area (Å²) in [5.41, 5.74) is 0. The highest BCUT2D eigenvalue weighted by Crippen LogP contribution is 2.45. The summed E-state index contributed by atoms with van der Waals surface area (Å²) in [4.78, 5) is 72.8. The number of phosphoric acid groups is 2. The molecule has 3 unspecified atom stereocenters. The highest BCUT2D eigenvalue weighted by molar-refractivity contribution is 7.47. The Morgan fingerprint density at radius 3 is 0.867 bits per heavy atom. The van der Waals surface area contributed by atoms with Crippen LogP contribution in [-0.2, 0) is 65.4 Å². The third kappa shape index (κ3) is 70.6. The molecule has 0 aromatic rings. The second kappa shape index (κ2) is 71.5. The molecule has 0 aliphatic rings. The van der Waals surface area contributed by atoms with Crippen molar-refractivity contribution >= 4 is 39.5 Å². The topological polar surface area (TPSA) is 237 Å². The van der Waals surface area contributed by atoms with E-state index in [2.05, 4.69) is 58.9 Å². The van der Waals surface area contributed by atoms with Crippen LogP contribution in [0.5, 0.6) is 0 Å². The van der Waals surface area contributed by atoms with Crippen molar-refractivity contribution in [1.82, 2.24) is 0 Å². The fraction of sp³-hybridized carbons (Fsp3) is 0.899. The monoisotopic (exact) mass is 1430 g/mol. The molecule has 0 heterocycles. The maximum atomic E-state index is 13.1. The molecule has 0 fully saturated rings. The zero-order chi connectivity index (χ0) is 71.9. The molecule has 0 saturated carbocycles. The third-order valence-electron chi connectivity index (χ3n) is 18.3. The Morgan fingerprint density at radius 2 is 0.571 bits per heavy atom. The second-order valence-corrected chi connectivity index (χ2v) is 30.9. The summed E-state index contributed by atoms with van der Waals surface area (Å²) < 4.78 is 68.5. The van der Waals surface area contributed by atoms with Gasteiger partial charge in [0.05, 0.1) is 26.4 Å². The van der Waals surface area contributed by atoms with Gasteiger partial charge in [-0.25, -0.2) is 9.13 Å². The van der Waals surface area contributed by atoms with Gasteiger partial charge in [-0.3, -0.25) is 37.3 Å². The van der Waals surface area contributed by atoms with Crippen molar-refractivity contribution in [1.29, 1.82) is 0 Å². The SMILES string of the molecule is CCCCCC/C=C\C=C/CCCCCCCC(=O)OC[C@H](COP(=O)(O)OC[C@@H](O)COP(=O)(O)OC[C@@H](COC(=O)CCCCCCCCCCCC)OC(=O)CCCCCCCCCCCCC)OC(=O)CCCCCCCCCCCCCCCCCCCCC(C)CC. The van der Waals surface area contributed by atoms with Gasteiger partial charge in [0.25, 0.3) is 0 Å². The molecule has 17 nitrogen and oxygen atoms in total. The first-order valence-corrected chi connectivity index (χ1v) is 43.5. The second-order valence-electron chi connectivity index (χ2n) is 28.0. The van der Waals surface area contributed by atoms with E-state index in [9.17, 15) is 43.2 Å². The summed E-state index contributed by atoms with van der Waals surface area (Å²) in [6, 6.07) is 0. The number of hydrogen-bond donors (Lipinski definition) is 3. The van der Waals surface area contributed by atoms with E-state index >= 15 is 0 Å². The molecule has 0 aliphatic carbocycles. The number of ether oxygens (including phenoxy) is 4. The summed E-state index contributed by atoms with van der Waals surface area (Å²) >= 11 is 0. The minimum absolute atomic E-state index is 0.102. The van der Waals surface area contributed by atoms with Crippen LogP contribution < -0.4 is 0 Å². The molecular formula is C79H150O17P2. The summed E-state index contributed by atoms with van der Waals surface area (Å²) in [5.74, 6) is -1.27. The number of allylic oxidation sites excluding steroid dienone is 4. The van der Waals surface area contributed by atoms with E-state index in [-0.39, 0.29) is 25.7 Å². The van der Waals surface area contributed by atoms with Gasteiger partial charge in [-0.15, -0.1) is 0 Å². The molecule has 0 spiro atoms. The lowest BCUT2D eigenvalue weighted by Gasteiger charge is -2.21. The predicted molar refractivity (Wildman–Crippen MR) is 400 cm³/mol. The molecule has 98 heavy (non-hydrogen) atoms. The van der Waals surface area contributed by atoms with Gasteiger partial charge in [0.1, 0.15) is 19.3 Å². The van der Waals surface area contributed by atoms with E-state index in [1.54, 1.807) is 0 Å². The Bertz CT molecular complexity index is 1970. The Labute approximate surface area is 599 Å².